The summed E-state index contributed by atoms with van der Waals surface area (Å²) < 4.78 is 7.04. The van der Waals surface area contributed by atoms with Crippen molar-refractivity contribution in [3.05, 3.63) is 41.4 Å². The van der Waals surface area contributed by atoms with E-state index in [1.165, 1.54) is 0 Å². The van der Waals surface area contributed by atoms with Crippen LogP contribution in [0.1, 0.15) is 18.4 Å². The number of nitrogens with zero attached hydrogens (tertiary/aromatic N) is 4. The summed E-state index contributed by atoms with van der Waals surface area (Å²) in [6.45, 7) is 2.91. The maximum atomic E-state index is 5.17. The first-order chi connectivity index (χ1) is 9.35. The number of thiophene rings is 1. The molecule has 3 aromatic heterocycles. The first kappa shape index (κ1) is 11.9. The molecule has 19 heavy (non-hydrogen) atoms. The summed E-state index contributed by atoms with van der Waals surface area (Å²) in [4.78, 5) is 5.32. The van der Waals surface area contributed by atoms with E-state index in [-0.39, 0.29) is 0 Å². The van der Waals surface area contributed by atoms with E-state index in [0.717, 1.165) is 17.0 Å². The van der Waals surface area contributed by atoms with Crippen LogP contribution in [0, 0.1) is 0 Å². The molecular weight excluding hydrogens is 260 g/mol. The molecule has 0 bridgehead atoms. The van der Waals surface area contributed by atoms with Gasteiger partial charge < -0.3 is 4.52 Å². The van der Waals surface area contributed by atoms with E-state index in [9.17, 15) is 0 Å². The Hall–Kier alpha value is -2.21. The van der Waals surface area contributed by atoms with Gasteiger partial charge in [0.25, 0.3) is 5.89 Å². The van der Waals surface area contributed by atoms with Crippen molar-refractivity contribution in [2.45, 2.75) is 13.5 Å². The van der Waals surface area contributed by atoms with E-state index in [4.69, 9.17) is 4.52 Å². The highest BCUT2D eigenvalue weighted by Gasteiger charge is 2.06. The molecule has 0 fully saturated rings. The predicted octanol–water partition coefficient (Wildman–Crippen LogP) is 3.18. The van der Waals surface area contributed by atoms with Crippen molar-refractivity contribution in [1.82, 2.24) is 19.9 Å². The van der Waals surface area contributed by atoms with Crippen LogP contribution in [0.5, 0.6) is 0 Å². The molecule has 0 saturated carbocycles. The lowest BCUT2D eigenvalue weighted by Crippen LogP contribution is -1.91. The second kappa shape index (κ2) is 5.19. The smallest absolute Gasteiger partial charge is 0.250 e. The summed E-state index contributed by atoms with van der Waals surface area (Å²) in [6, 6.07) is 3.93. The van der Waals surface area contributed by atoms with Crippen LogP contribution in [-0.4, -0.2) is 19.9 Å². The van der Waals surface area contributed by atoms with Gasteiger partial charge in [0.05, 0.1) is 11.1 Å². The van der Waals surface area contributed by atoms with E-state index in [0.29, 0.717) is 11.7 Å². The summed E-state index contributed by atoms with van der Waals surface area (Å²) in [7, 11) is 0. The molecule has 0 unspecified atom stereocenters. The summed E-state index contributed by atoms with van der Waals surface area (Å²) in [6.07, 6.45) is 7.47. The van der Waals surface area contributed by atoms with E-state index in [1.54, 1.807) is 23.6 Å². The number of hydrogen-bond acceptors (Lipinski definition) is 5. The molecule has 6 heteroatoms. The second-order valence-corrected chi connectivity index (χ2v) is 4.84. The zero-order chi connectivity index (χ0) is 13.1. The molecule has 0 aliphatic heterocycles. The normalized spacial score (nSPS) is 11.4. The molecule has 0 atom stereocenters. The first-order valence-electron chi connectivity index (χ1n) is 5.93. The lowest BCUT2D eigenvalue weighted by molar-refractivity contribution is 0.411. The Morgan fingerprint density at radius 2 is 2.37 bits per heavy atom. The Balaban J connectivity index is 1.76. The molecule has 0 N–H and O–H groups in total. The molecule has 0 spiro atoms. The third-order valence-electron chi connectivity index (χ3n) is 2.58. The van der Waals surface area contributed by atoms with Crippen molar-refractivity contribution in [3.8, 4) is 10.7 Å². The van der Waals surface area contributed by atoms with Gasteiger partial charge in [-0.2, -0.15) is 10.1 Å². The number of aryl methyl sites for hydroxylation is 1. The highest BCUT2D eigenvalue weighted by molar-refractivity contribution is 7.13. The minimum atomic E-state index is 0.493. The van der Waals surface area contributed by atoms with Crippen LogP contribution in [-0.2, 0) is 6.54 Å². The quantitative estimate of drug-likeness (QED) is 0.732. The molecule has 3 rings (SSSR count). The highest BCUT2D eigenvalue weighted by atomic mass is 32.1. The first-order valence-corrected chi connectivity index (χ1v) is 6.81. The van der Waals surface area contributed by atoms with Gasteiger partial charge in [-0.3, -0.25) is 4.68 Å². The lowest BCUT2D eigenvalue weighted by atomic mass is 10.3. The van der Waals surface area contributed by atoms with Crippen LogP contribution in [0.25, 0.3) is 22.9 Å². The third kappa shape index (κ3) is 2.63. The Kier molecular flexibility index (Phi) is 3.24. The Morgan fingerprint density at radius 1 is 1.42 bits per heavy atom. The maximum absolute atomic E-state index is 5.17. The largest absolute Gasteiger partial charge is 0.334 e. The van der Waals surface area contributed by atoms with E-state index < -0.39 is 0 Å². The zero-order valence-corrected chi connectivity index (χ0v) is 11.2. The molecule has 0 aromatic carbocycles. The standard InChI is InChI=1S/C13H12N4OS/c1-2-17-9-10(8-14-17)5-6-12-15-13(16-18-12)11-4-3-7-19-11/h3-9H,2H2,1H3/b6-5+. The topological polar surface area (TPSA) is 56.7 Å². The van der Waals surface area contributed by atoms with E-state index in [2.05, 4.69) is 15.2 Å². The van der Waals surface area contributed by atoms with Gasteiger partial charge >= 0.3 is 0 Å². The Bertz CT molecular complexity index is 681. The molecule has 3 aromatic rings. The van der Waals surface area contributed by atoms with Gasteiger partial charge in [0.2, 0.25) is 5.82 Å². The fraction of sp³-hybridized carbons (Fsp3) is 0.154. The summed E-state index contributed by atoms with van der Waals surface area (Å²) in [5, 5.41) is 10.1. The zero-order valence-electron chi connectivity index (χ0n) is 10.4. The van der Waals surface area contributed by atoms with Crippen LogP contribution in [0.15, 0.2) is 34.4 Å². The van der Waals surface area contributed by atoms with E-state index >= 15 is 0 Å². The summed E-state index contributed by atoms with van der Waals surface area (Å²) in [5.41, 5.74) is 1.01. The minimum Gasteiger partial charge on any atom is -0.334 e. The summed E-state index contributed by atoms with van der Waals surface area (Å²) in [5.74, 6) is 1.12. The van der Waals surface area contributed by atoms with Gasteiger partial charge in [-0.25, -0.2) is 0 Å². The molecule has 0 amide bonds. The SMILES string of the molecule is CCn1cc(/C=C/c2nc(-c3cccs3)no2)cn1. The molecule has 0 radical (unpaired) electrons. The van der Waals surface area contributed by atoms with Crippen molar-refractivity contribution in [2.24, 2.45) is 0 Å². The second-order valence-electron chi connectivity index (χ2n) is 3.90. The Labute approximate surface area is 114 Å². The average Bonchev–Trinajstić information content (AvgIpc) is 3.16. The van der Waals surface area contributed by atoms with Crippen molar-refractivity contribution in [3.63, 3.8) is 0 Å². The minimum absolute atomic E-state index is 0.493. The molecule has 96 valence electrons. The van der Waals surface area contributed by atoms with E-state index in [1.807, 2.05) is 41.4 Å². The van der Waals surface area contributed by atoms with Gasteiger partial charge in [0, 0.05) is 24.4 Å². The molecular formula is C13H12N4OS. The number of rotatable bonds is 4. The van der Waals surface area contributed by atoms with Crippen LogP contribution in [0.2, 0.25) is 0 Å². The van der Waals surface area contributed by atoms with Crippen molar-refractivity contribution in [1.29, 1.82) is 0 Å². The average molecular weight is 272 g/mol. The fourth-order valence-corrected chi connectivity index (χ4v) is 2.26. The highest BCUT2D eigenvalue weighted by Crippen LogP contribution is 2.21. The van der Waals surface area contributed by atoms with Crippen LogP contribution < -0.4 is 0 Å². The van der Waals surface area contributed by atoms with Crippen molar-refractivity contribution < 1.29 is 4.52 Å². The lowest BCUT2D eigenvalue weighted by Gasteiger charge is -1.89. The van der Waals surface area contributed by atoms with Gasteiger partial charge in [-0.15, -0.1) is 11.3 Å². The maximum Gasteiger partial charge on any atom is 0.250 e. The van der Waals surface area contributed by atoms with Crippen LogP contribution in [0.4, 0.5) is 0 Å². The Morgan fingerprint density at radius 3 is 3.11 bits per heavy atom. The number of hydrogen-bond donors (Lipinski definition) is 0. The molecule has 3 heterocycles. The van der Waals surface area contributed by atoms with Gasteiger partial charge in [0.1, 0.15) is 0 Å². The van der Waals surface area contributed by atoms with Gasteiger partial charge in [-0.1, -0.05) is 11.2 Å². The van der Waals surface area contributed by atoms with Crippen molar-refractivity contribution in [2.75, 3.05) is 0 Å². The monoisotopic (exact) mass is 272 g/mol. The summed E-state index contributed by atoms with van der Waals surface area (Å²) >= 11 is 1.59. The molecule has 5 nitrogen and oxygen atoms in total. The molecule has 0 aliphatic rings. The number of aromatic nitrogens is 4. The molecule has 0 aliphatic carbocycles. The third-order valence-corrected chi connectivity index (χ3v) is 3.44. The van der Waals surface area contributed by atoms with Gasteiger partial charge in [-0.05, 0) is 24.4 Å². The van der Waals surface area contributed by atoms with Crippen LogP contribution in [0.3, 0.4) is 0 Å². The van der Waals surface area contributed by atoms with Crippen molar-refractivity contribution >= 4 is 23.5 Å². The fourth-order valence-electron chi connectivity index (χ4n) is 1.61. The van der Waals surface area contributed by atoms with Gasteiger partial charge in [0.15, 0.2) is 0 Å². The predicted molar refractivity (Wildman–Crippen MR) is 74.4 cm³/mol. The molecule has 0 saturated heterocycles. The van der Waals surface area contributed by atoms with Crippen LogP contribution >= 0.6 is 11.3 Å².